The van der Waals surface area contributed by atoms with Crippen LogP contribution in [-0.2, 0) is 4.74 Å². The largest absolute Gasteiger partial charge is 0.394 e. The molecule has 0 aliphatic carbocycles. The number of hydrogen-bond acceptors (Lipinski definition) is 8. The second kappa shape index (κ2) is 5.43. The molecule has 106 valence electrons. The maximum atomic E-state index is 11.6. The Hall–Kier alpha value is -1.20. The van der Waals surface area contributed by atoms with Gasteiger partial charge >= 0.3 is 5.69 Å². The van der Waals surface area contributed by atoms with E-state index in [0.29, 0.717) is 0 Å². The van der Waals surface area contributed by atoms with Crippen molar-refractivity contribution in [1.29, 1.82) is 0 Å². The molecule has 4 atom stereocenters. The Morgan fingerprint density at radius 3 is 2.63 bits per heavy atom. The number of aliphatic hydroxyl groups is 3. The number of H-pyrrole nitrogens is 1. The van der Waals surface area contributed by atoms with Crippen molar-refractivity contribution < 1.29 is 20.1 Å². The molecule has 1 aromatic heterocycles. The second-order valence-electron chi connectivity index (χ2n) is 3.94. The normalized spacial score (nSPS) is 30.7. The number of aromatic nitrogens is 3. The van der Waals surface area contributed by atoms with Gasteiger partial charge in [-0.1, -0.05) is 0 Å². The summed E-state index contributed by atoms with van der Waals surface area (Å²) < 4.78 is 5.91. The standard InChI is InChI=1S/C9H13N3O6S/c1-19-7-6(16)10-9(17)12(11-7)8-5(15)4(14)3(2-13)18-8/h3-5,8,13-15H,2H2,1H3,(H,10,16,17). The molecule has 0 radical (unpaired) electrons. The Kier molecular flexibility index (Phi) is 4.06. The molecule has 10 heteroatoms. The van der Waals surface area contributed by atoms with Gasteiger partial charge in [0.05, 0.1) is 6.61 Å². The molecule has 19 heavy (non-hydrogen) atoms. The molecule has 2 heterocycles. The van der Waals surface area contributed by atoms with Crippen molar-refractivity contribution in [3.05, 3.63) is 20.8 Å². The third kappa shape index (κ3) is 2.44. The quantitative estimate of drug-likeness (QED) is 0.440. The number of aromatic amines is 1. The highest BCUT2D eigenvalue weighted by molar-refractivity contribution is 7.98. The predicted octanol–water partition coefficient (Wildman–Crippen LogP) is -2.73. The van der Waals surface area contributed by atoms with Gasteiger partial charge in [0, 0.05) is 0 Å². The molecule has 0 saturated carbocycles. The average Bonchev–Trinajstić information content (AvgIpc) is 2.67. The zero-order valence-electron chi connectivity index (χ0n) is 9.89. The fourth-order valence-corrected chi connectivity index (χ4v) is 2.19. The highest BCUT2D eigenvalue weighted by atomic mass is 32.2. The van der Waals surface area contributed by atoms with Crippen LogP contribution in [0.4, 0.5) is 0 Å². The number of nitrogens with one attached hydrogen (secondary N) is 1. The molecule has 1 aliphatic heterocycles. The zero-order valence-corrected chi connectivity index (χ0v) is 10.7. The van der Waals surface area contributed by atoms with E-state index >= 15 is 0 Å². The van der Waals surface area contributed by atoms with Crippen LogP contribution in [0.15, 0.2) is 14.6 Å². The minimum atomic E-state index is -1.43. The van der Waals surface area contributed by atoms with Gasteiger partial charge in [0.25, 0.3) is 5.56 Å². The predicted molar refractivity (Wildman–Crippen MR) is 63.9 cm³/mol. The van der Waals surface area contributed by atoms with E-state index in [9.17, 15) is 19.8 Å². The SMILES string of the molecule is CSc1nn(C2OC(CO)C(O)C2O)c(=O)[nH]c1=O. The lowest BCUT2D eigenvalue weighted by molar-refractivity contribution is -0.0627. The lowest BCUT2D eigenvalue weighted by atomic mass is 10.1. The lowest BCUT2D eigenvalue weighted by Crippen LogP contribution is -2.40. The van der Waals surface area contributed by atoms with E-state index in [-0.39, 0.29) is 5.03 Å². The van der Waals surface area contributed by atoms with Crippen LogP contribution in [0.3, 0.4) is 0 Å². The third-order valence-corrected chi connectivity index (χ3v) is 3.43. The van der Waals surface area contributed by atoms with Crippen LogP contribution in [-0.4, -0.2) is 61.3 Å². The van der Waals surface area contributed by atoms with Crippen LogP contribution in [0.25, 0.3) is 0 Å². The second-order valence-corrected chi connectivity index (χ2v) is 4.74. The van der Waals surface area contributed by atoms with Crippen LogP contribution in [0.2, 0.25) is 0 Å². The minimum absolute atomic E-state index is 0.0253. The summed E-state index contributed by atoms with van der Waals surface area (Å²) in [6, 6.07) is 0. The first-order valence-corrected chi connectivity index (χ1v) is 6.61. The molecule has 9 nitrogen and oxygen atoms in total. The topological polar surface area (TPSA) is 138 Å². The van der Waals surface area contributed by atoms with Gasteiger partial charge in [0.2, 0.25) is 0 Å². The first kappa shape index (κ1) is 14.2. The Morgan fingerprint density at radius 1 is 1.42 bits per heavy atom. The molecule has 0 amide bonds. The molecular formula is C9H13N3O6S. The summed E-state index contributed by atoms with van der Waals surface area (Å²) in [4.78, 5) is 25.0. The monoisotopic (exact) mass is 291 g/mol. The van der Waals surface area contributed by atoms with Gasteiger partial charge in [-0.05, 0) is 6.26 Å². The van der Waals surface area contributed by atoms with Crippen LogP contribution in [0.5, 0.6) is 0 Å². The van der Waals surface area contributed by atoms with Crippen molar-refractivity contribution in [2.75, 3.05) is 12.9 Å². The highest BCUT2D eigenvalue weighted by Crippen LogP contribution is 2.27. The van der Waals surface area contributed by atoms with E-state index in [1.165, 1.54) is 0 Å². The summed E-state index contributed by atoms with van der Waals surface area (Å²) in [6.45, 7) is -0.512. The van der Waals surface area contributed by atoms with Gasteiger partial charge in [-0.3, -0.25) is 9.78 Å². The zero-order chi connectivity index (χ0) is 14.2. The third-order valence-electron chi connectivity index (χ3n) is 2.77. The summed E-state index contributed by atoms with van der Waals surface area (Å²) in [5, 5.41) is 32.2. The van der Waals surface area contributed by atoms with Crippen LogP contribution >= 0.6 is 11.8 Å². The first-order valence-electron chi connectivity index (χ1n) is 5.39. The Bertz CT molecular complexity index is 572. The molecule has 0 bridgehead atoms. The van der Waals surface area contributed by atoms with Crippen molar-refractivity contribution in [3.63, 3.8) is 0 Å². The van der Waals surface area contributed by atoms with Gasteiger partial charge in [0.15, 0.2) is 11.3 Å². The van der Waals surface area contributed by atoms with Gasteiger partial charge in [-0.2, -0.15) is 9.78 Å². The number of ether oxygens (including phenoxy) is 1. The van der Waals surface area contributed by atoms with Gasteiger partial charge in [0.1, 0.15) is 18.3 Å². The molecule has 0 aromatic carbocycles. The van der Waals surface area contributed by atoms with E-state index in [4.69, 9.17) is 9.84 Å². The van der Waals surface area contributed by atoms with Crippen molar-refractivity contribution in [2.24, 2.45) is 0 Å². The van der Waals surface area contributed by atoms with Crippen molar-refractivity contribution in [1.82, 2.24) is 14.8 Å². The Balaban J connectivity index is 2.43. The maximum Gasteiger partial charge on any atom is 0.347 e. The van der Waals surface area contributed by atoms with Gasteiger partial charge in [-0.15, -0.1) is 11.8 Å². The van der Waals surface area contributed by atoms with E-state index < -0.39 is 42.4 Å². The number of rotatable bonds is 3. The van der Waals surface area contributed by atoms with Crippen LogP contribution < -0.4 is 11.2 Å². The summed E-state index contributed by atoms with van der Waals surface area (Å²) in [5.41, 5.74) is -1.50. The number of nitrogens with zero attached hydrogens (tertiary/aromatic N) is 2. The first-order chi connectivity index (χ1) is 8.99. The van der Waals surface area contributed by atoms with E-state index in [0.717, 1.165) is 16.4 Å². The highest BCUT2D eigenvalue weighted by Gasteiger charge is 2.44. The molecule has 0 spiro atoms. The number of hydrogen-bond donors (Lipinski definition) is 4. The number of aliphatic hydroxyl groups excluding tert-OH is 3. The Labute approximate surface area is 110 Å². The maximum absolute atomic E-state index is 11.6. The smallest absolute Gasteiger partial charge is 0.347 e. The van der Waals surface area contributed by atoms with E-state index in [2.05, 4.69) is 5.10 Å². The van der Waals surface area contributed by atoms with Crippen LogP contribution in [0, 0.1) is 0 Å². The molecule has 1 aromatic rings. The van der Waals surface area contributed by atoms with Gasteiger partial charge in [-0.25, -0.2) is 4.79 Å². The summed E-state index contributed by atoms with van der Waals surface area (Å²) >= 11 is 1.02. The van der Waals surface area contributed by atoms with Gasteiger partial charge < -0.3 is 20.1 Å². The molecule has 4 N–H and O–H groups in total. The number of thioether (sulfide) groups is 1. The summed E-state index contributed by atoms with van der Waals surface area (Å²) in [5.74, 6) is 0. The lowest BCUT2D eigenvalue weighted by Gasteiger charge is -2.15. The summed E-state index contributed by atoms with van der Waals surface area (Å²) in [7, 11) is 0. The van der Waals surface area contributed by atoms with Crippen LogP contribution in [0.1, 0.15) is 6.23 Å². The minimum Gasteiger partial charge on any atom is -0.394 e. The van der Waals surface area contributed by atoms with Crippen molar-refractivity contribution in [3.8, 4) is 0 Å². The Morgan fingerprint density at radius 2 is 2.11 bits per heavy atom. The molecular weight excluding hydrogens is 278 g/mol. The van der Waals surface area contributed by atoms with Crippen molar-refractivity contribution in [2.45, 2.75) is 29.6 Å². The molecule has 1 saturated heterocycles. The van der Waals surface area contributed by atoms with E-state index in [1.54, 1.807) is 6.26 Å². The molecule has 2 rings (SSSR count). The average molecular weight is 291 g/mol. The molecule has 1 fully saturated rings. The molecule has 1 aliphatic rings. The fraction of sp³-hybridized carbons (Fsp3) is 0.667. The fourth-order valence-electron chi connectivity index (χ4n) is 1.78. The summed E-state index contributed by atoms with van der Waals surface area (Å²) in [6.07, 6.45) is -3.44. The molecule has 4 unspecified atom stereocenters. The van der Waals surface area contributed by atoms with E-state index in [1.807, 2.05) is 4.98 Å². The van der Waals surface area contributed by atoms with Crippen molar-refractivity contribution >= 4 is 11.8 Å².